The first-order valence-electron chi connectivity index (χ1n) is 5.90. The van der Waals surface area contributed by atoms with Gasteiger partial charge in [0.05, 0.1) is 11.8 Å². The van der Waals surface area contributed by atoms with E-state index < -0.39 is 11.7 Å². The number of carbonyl (C=O) groups excluding carboxylic acids is 1. The maximum absolute atomic E-state index is 13.3. The van der Waals surface area contributed by atoms with Crippen LogP contribution in [0.3, 0.4) is 0 Å². The molecule has 0 bridgehead atoms. The van der Waals surface area contributed by atoms with E-state index in [0.717, 1.165) is 6.20 Å². The van der Waals surface area contributed by atoms with E-state index in [0.29, 0.717) is 31.1 Å². The van der Waals surface area contributed by atoms with Gasteiger partial charge in [-0.25, -0.2) is 4.39 Å². The fraction of sp³-hybridized carbons (Fsp3) is 0.333. The van der Waals surface area contributed by atoms with Crippen LogP contribution in [0, 0.1) is 5.82 Å². The maximum atomic E-state index is 13.3. The number of carbonyl (C=O) groups is 1. The highest BCUT2D eigenvalue weighted by molar-refractivity contribution is 5.94. The van der Waals surface area contributed by atoms with Crippen molar-refractivity contribution in [2.45, 2.75) is 19.8 Å². The minimum absolute atomic E-state index is 0.0326. The molecule has 2 aromatic rings. The number of aromatic nitrogens is 3. The van der Waals surface area contributed by atoms with Crippen molar-refractivity contribution in [2.75, 3.05) is 6.54 Å². The van der Waals surface area contributed by atoms with Crippen molar-refractivity contribution in [1.29, 1.82) is 0 Å². The Bertz CT molecular complexity index is 570. The average molecular weight is 264 g/mol. The number of rotatable bonds is 5. The normalized spacial score (nSPS) is 10.4. The number of amides is 1. The first-order chi connectivity index (χ1) is 9.20. The Morgan fingerprint density at radius 2 is 2.37 bits per heavy atom. The second kappa shape index (κ2) is 6.03. The lowest BCUT2D eigenvalue weighted by Gasteiger charge is -2.03. The van der Waals surface area contributed by atoms with Gasteiger partial charge in [-0.05, 0) is 6.07 Å². The molecule has 6 nitrogen and oxygen atoms in total. The minimum atomic E-state index is -0.647. The van der Waals surface area contributed by atoms with E-state index in [1.165, 1.54) is 12.3 Å². The molecule has 2 heterocycles. The molecule has 0 aromatic carbocycles. The minimum Gasteiger partial charge on any atom is -0.351 e. The molecule has 0 fully saturated rings. The van der Waals surface area contributed by atoms with Crippen LogP contribution in [0.15, 0.2) is 23.0 Å². The molecule has 0 aliphatic heterocycles. The zero-order valence-electron chi connectivity index (χ0n) is 10.4. The van der Waals surface area contributed by atoms with Crippen LogP contribution in [-0.2, 0) is 12.8 Å². The monoisotopic (exact) mass is 264 g/mol. The van der Waals surface area contributed by atoms with Gasteiger partial charge in [0.2, 0.25) is 5.89 Å². The number of halogens is 1. The van der Waals surface area contributed by atoms with Gasteiger partial charge in [-0.15, -0.1) is 0 Å². The molecule has 19 heavy (non-hydrogen) atoms. The molecule has 1 N–H and O–H groups in total. The van der Waals surface area contributed by atoms with Crippen molar-refractivity contribution in [3.05, 3.63) is 41.6 Å². The van der Waals surface area contributed by atoms with E-state index in [2.05, 4.69) is 20.4 Å². The van der Waals surface area contributed by atoms with Gasteiger partial charge in [0.1, 0.15) is 0 Å². The molecule has 0 spiro atoms. The standard InChI is InChI=1S/C12H13FN4O2/c1-2-10-16-11(19-17-10)4-6-15-12(18)8-3-5-14-7-9(8)13/h3,5,7H,2,4,6H2,1H3,(H,15,18). The van der Waals surface area contributed by atoms with E-state index in [-0.39, 0.29) is 5.56 Å². The number of hydrogen-bond acceptors (Lipinski definition) is 5. The lowest BCUT2D eigenvalue weighted by Crippen LogP contribution is -2.26. The van der Waals surface area contributed by atoms with Gasteiger partial charge in [-0.3, -0.25) is 9.78 Å². The molecule has 0 aliphatic rings. The highest BCUT2D eigenvalue weighted by Crippen LogP contribution is 2.04. The second-order valence-electron chi connectivity index (χ2n) is 3.82. The summed E-state index contributed by atoms with van der Waals surface area (Å²) in [6, 6.07) is 1.33. The zero-order valence-corrected chi connectivity index (χ0v) is 10.4. The van der Waals surface area contributed by atoms with E-state index in [1.54, 1.807) is 0 Å². The van der Waals surface area contributed by atoms with Crippen molar-refractivity contribution >= 4 is 5.91 Å². The third-order valence-electron chi connectivity index (χ3n) is 2.47. The third-order valence-corrected chi connectivity index (χ3v) is 2.47. The Labute approximate surface area is 109 Å². The molecule has 0 saturated carbocycles. The Hall–Kier alpha value is -2.31. The van der Waals surface area contributed by atoms with Crippen molar-refractivity contribution in [3.8, 4) is 0 Å². The summed E-state index contributed by atoms with van der Waals surface area (Å²) in [6.45, 7) is 2.22. The van der Waals surface area contributed by atoms with Crippen LogP contribution in [0.5, 0.6) is 0 Å². The summed E-state index contributed by atoms with van der Waals surface area (Å²) >= 11 is 0. The number of pyridine rings is 1. The number of nitrogens with one attached hydrogen (secondary N) is 1. The zero-order chi connectivity index (χ0) is 13.7. The lowest BCUT2D eigenvalue weighted by atomic mass is 10.2. The molecule has 0 saturated heterocycles. The first kappa shape index (κ1) is 13.1. The summed E-state index contributed by atoms with van der Waals surface area (Å²) in [4.78, 5) is 19.4. The summed E-state index contributed by atoms with van der Waals surface area (Å²) < 4.78 is 18.2. The van der Waals surface area contributed by atoms with Gasteiger partial charge in [0.25, 0.3) is 5.91 Å². The van der Waals surface area contributed by atoms with Gasteiger partial charge in [0.15, 0.2) is 11.6 Å². The predicted octanol–water partition coefficient (Wildman–Crippen LogP) is 1.14. The van der Waals surface area contributed by atoms with Crippen LogP contribution in [0.4, 0.5) is 4.39 Å². The van der Waals surface area contributed by atoms with Crippen LogP contribution in [-0.4, -0.2) is 27.6 Å². The molecule has 7 heteroatoms. The number of nitrogens with zero attached hydrogens (tertiary/aromatic N) is 3. The van der Waals surface area contributed by atoms with Crippen molar-refractivity contribution < 1.29 is 13.7 Å². The number of hydrogen-bond donors (Lipinski definition) is 1. The SMILES string of the molecule is CCc1noc(CCNC(=O)c2ccncc2F)n1. The molecule has 0 radical (unpaired) electrons. The third kappa shape index (κ3) is 3.34. The quantitative estimate of drug-likeness (QED) is 0.875. The molecular weight excluding hydrogens is 251 g/mol. The highest BCUT2D eigenvalue weighted by atomic mass is 19.1. The fourth-order valence-electron chi connectivity index (χ4n) is 1.47. The Kier molecular flexibility index (Phi) is 4.17. The van der Waals surface area contributed by atoms with Crippen molar-refractivity contribution in [2.24, 2.45) is 0 Å². The van der Waals surface area contributed by atoms with Crippen LogP contribution in [0.1, 0.15) is 29.0 Å². The predicted molar refractivity (Wildman–Crippen MR) is 63.9 cm³/mol. The van der Waals surface area contributed by atoms with E-state index >= 15 is 0 Å². The molecule has 0 aliphatic carbocycles. The van der Waals surface area contributed by atoms with Gasteiger partial charge in [-0.1, -0.05) is 12.1 Å². The van der Waals surface area contributed by atoms with Crippen LogP contribution in [0.2, 0.25) is 0 Å². The molecular formula is C12H13FN4O2. The highest BCUT2D eigenvalue weighted by Gasteiger charge is 2.11. The molecule has 100 valence electrons. The van der Waals surface area contributed by atoms with E-state index in [1.807, 2.05) is 6.92 Å². The molecule has 1 amide bonds. The molecule has 2 aromatic heterocycles. The Morgan fingerprint density at radius 3 is 3.05 bits per heavy atom. The summed E-state index contributed by atoms with van der Waals surface area (Å²) in [7, 11) is 0. The van der Waals surface area contributed by atoms with Gasteiger partial charge < -0.3 is 9.84 Å². The Balaban J connectivity index is 1.86. The van der Waals surface area contributed by atoms with Crippen molar-refractivity contribution in [1.82, 2.24) is 20.4 Å². The topological polar surface area (TPSA) is 80.9 Å². The largest absolute Gasteiger partial charge is 0.351 e. The summed E-state index contributed by atoms with van der Waals surface area (Å²) in [5.41, 5.74) is -0.0326. The van der Waals surface area contributed by atoms with Gasteiger partial charge in [-0.2, -0.15) is 4.98 Å². The smallest absolute Gasteiger partial charge is 0.254 e. The van der Waals surface area contributed by atoms with Crippen LogP contribution >= 0.6 is 0 Å². The van der Waals surface area contributed by atoms with Crippen molar-refractivity contribution in [3.63, 3.8) is 0 Å². The van der Waals surface area contributed by atoms with Gasteiger partial charge in [0, 0.05) is 25.6 Å². The van der Waals surface area contributed by atoms with E-state index in [9.17, 15) is 9.18 Å². The molecule has 2 rings (SSSR count). The van der Waals surface area contributed by atoms with Crippen LogP contribution < -0.4 is 5.32 Å². The van der Waals surface area contributed by atoms with E-state index in [4.69, 9.17) is 4.52 Å². The molecule has 0 unspecified atom stereocenters. The summed E-state index contributed by atoms with van der Waals surface area (Å²) in [5.74, 6) is -0.0601. The average Bonchev–Trinajstić information content (AvgIpc) is 2.87. The summed E-state index contributed by atoms with van der Waals surface area (Å²) in [6.07, 6.45) is 3.47. The van der Waals surface area contributed by atoms with Crippen LogP contribution in [0.25, 0.3) is 0 Å². The maximum Gasteiger partial charge on any atom is 0.254 e. The Morgan fingerprint density at radius 1 is 1.53 bits per heavy atom. The molecule has 0 atom stereocenters. The fourth-order valence-corrected chi connectivity index (χ4v) is 1.47. The summed E-state index contributed by atoms with van der Waals surface area (Å²) in [5, 5.41) is 6.32. The first-order valence-corrected chi connectivity index (χ1v) is 5.90. The second-order valence-corrected chi connectivity index (χ2v) is 3.82. The lowest BCUT2D eigenvalue weighted by molar-refractivity contribution is 0.0949. The van der Waals surface area contributed by atoms with Gasteiger partial charge >= 0.3 is 0 Å². The number of aryl methyl sites for hydroxylation is 1.